The van der Waals surface area contributed by atoms with Crippen LogP contribution in [0.3, 0.4) is 0 Å². The second-order valence-corrected chi connectivity index (χ2v) is 13.0. The van der Waals surface area contributed by atoms with Gasteiger partial charge in [-0.05, 0) is 68.4 Å². The van der Waals surface area contributed by atoms with E-state index in [1.807, 2.05) is 26.8 Å². The van der Waals surface area contributed by atoms with Gasteiger partial charge < -0.3 is 29.4 Å². The van der Waals surface area contributed by atoms with Gasteiger partial charge >= 0.3 is 5.97 Å². The lowest BCUT2D eigenvalue weighted by Crippen LogP contribution is -2.36. The number of aromatic nitrogens is 2. The van der Waals surface area contributed by atoms with Crippen LogP contribution in [0.5, 0.6) is 0 Å². The van der Waals surface area contributed by atoms with E-state index in [2.05, 4.69) is 10.6 Å². The van der Waals surface area contributed by atoms with Gasteiger partial charge in [0.15, 0.2) is 5.79 Å². The van der Waals surface area contributed by atoms with Gasteiger partial charge in [0, 0.05) is 36.4 Å². The molecule has 1 fully saturated rings. The summed E-state index contributed by atoms with van der Waals surface area (Å²) in [5, 5.41) is 6.74. The van der Waals surface area contributed by atoms with Crippen molar-refractivity contribution in [2.75, 3.05) is 13.2 Å². The first kappa shape index (κ1) is 30.5. The van der Waals surface area contributed by atoms with Crippen molar-refractivity contribution in [3.05, 3.63) is 61.7 Å². The average Bonchev–Trinajstić information content (AvgIpc) is 3.57. The second-order valence-electron chi connectivity index (χ2n) is 13.0. The van der Waals surface area contributed by atoms with Crippen molar-refractivity contribution in [1.29, 1.82) is 0 Å². The summed E-state index contributed by atoms with van der Waals surface area (Å²) >= 11 is 0. The summed E-state index contributed by atoms with van der Waals surface area (Å²) < 4.78 is 33.4. The summed E-state index contributed by atoms with van der Waals surface area (Å²) in [6.45, 7) is 8.08. The van der Waals surface area contributed by atoms with Gasteiger partial charge in [-0.1, -0.05) is 6.92 Å². The van der Waals surface area contributed by atoms with Crippen LogP contribution in [0.2, 0.25) is 0 Å². The Morgan fingerprint density at radius 2 is 1.91 bits per heavy atom. The van der Waals surface area contributed by atoms with Crippen molar-refractivity contribution in [3.8, 4) is 11.4 Å². The van der Waals surface area contributed by atoms with Gasteiger partial charge in [0.05, 0.1) is 47.6 Å². The van der Waals surface area contributed by atoms with Crippen LogP contribution in [0.25, 0.3) is 22.3 Å². The maximum atomic E-state index is 15.1. The Kier molecular flexibility index (Phi) is 7.47. The highest BCUT2D eigenvalue weighted by Crippen LogP contribution is 2.45. The molecule has 0 radical (unpaired) electrons. The first-order chi connectivity index (χ1) is 22.0. The number of aryl methyl sites for hydroxylation is 1. The zero-order valence-corrected chi connectivity index (χ0v) is 26.4. The molecule has 242 valence electrons. The molecule has 3 atom stereocenters. The minimum Gasteiger partial charge on any atom is -0.460 e. The molecule has 0 bridgehead atoms. The smallest absolute Gasteiger partial charge is 0.313 e. The molecular formula is C34H37FN4O7. The maximum absolute atomic E-state index is 15.1. The number of pyridine rings is 2. The Morgan fingerprint density at radius 1 is 1.13 bits per heavy atom. The van der Waals surface area contributed by atoms with E-state index in [9.17, 15) is 19.2 Å². The number of nitrogens with zero attached hydrogens (tertiary/aromatic N) is 2. The van der Waals surface area contributed by atoms with Crippen molar-refractivity contribution in [2.45, 2.75) is 96.8 Å². The summed E-state index contributed by atoms with van der Waals surface area (Å²) in [6, 6.07) is 2.84. The fourth-order valence-electron chi connectivity index (χ4n) is 7.39. The molecule has 7 rings (SSSR count). The van der Waals surface area contributed by atoms with Gasteiger partial charge in [-0.2, -0.15) is 0 Å². The molecule has 2 N–H and O–H groups in total. The normalized spacial score (nSPS) is 22.2. The number of halogens is 1. The number of nitrogens with one attached hydrogen (secondary N) is 2. The monoisotopic (exact) mass is 632 g/mol. The maximum Gasteiger partial charge on any atom is 0.313 e. The number of cyclic esters (lactones) is 1. The Morgan fingerprint density at radius 3 is 2.65 bits per heavy atom. The van der Waals surface area contributed by atoms with Crippen LogP contribution in [-0.2, 0) is 48.2 Å². The van der Waals surface area contributed by atoms with Gasteiger partial charge in [-0.25, -0.2) is 9.37 Å². The molecule has 12 heteroatoms. The Bertz CT molecular complexity index is 1880. The SMILES string of the molecule is CCC1C(=O)OCc2c1cc1n(c2=O)Cc2c-1nc1cc(F)c(C)c3c1c2C(NC(=O)CCC(=O)NCC1COC(C)(C)O1)CC3. The number of carbonyl (C=O) groups excluding carboxylic acids is 3. The van der Waals surface area contributed by atoms with Crippen LogP contribution >= 0.6 is 0 Å². The molecule has 3 unspecified atom stereocenters. The zero-order chi connectivity index (χ0) is 32.5. The highest BCUT2D eigenvalue weighted by atomic mass is 19.1. The summed E-state index contributed by atoms with van der Waals surface area (Å²) in [5.74, 6) is -2.50. The number of amides is 2. The topological polar surface area (TPSA) is 138 Å². The van der Waals surface area contributed by atoms with Crippen molar-refractivity contribution in [3.63, 3.8) is 0 Å². The lowest BCUT2D eigenvalue weighted by Gasteiger charge is -2.29. The number of hydrogen-bond acceptors (Lipinski definition) is 8. The van der Waals surface area contributed by atoms with E-state index >= 15 is 4.39 Å². The van der Waals surface area contributed by atoms with Gasteiger partial charge in [-0.15, -0.1) is 0 Å². The number of fused-ring (bicyclic) bond motifs is 5. The third kappa shape index (κ3) is 5.07. The molecule has 1 saturated heterocycles. The van der Waals surface area contributed by atoms with Crippen LogP contribution in [0.15, 0.2) is 16.9 Å². The molecule has 11 nitrogen and oxygen atoms in total. The minimum absolute atomic E-state index is 0.00602. The summed E-state index contributed by atoms with van der Waals surface area (Å²) in [4.78, 5) is 57.0. The van der Waals surface area contributed by atoms with Gasteiger partial charge in [0.1, 0.15) is 18.5 Å². The summed E-state index contributed by atoms with van der Waals surface area (Å²) in [5.41, 5.74) is 5.45. The predicted molar refractivity (Wildman–Crippen MR) is 164 cm³/mol. The largest absolute Gasteiger partial charge is 0.460 e. The fourth-order valence-corrected chi connectivity index (χ4v) is 7.39. The van der Waals surface area contributed by atoms with Crippen molar-refractivity contribution >= 4 is 28.7 Å². The zero-order valence-electron chi connectivity index (χ0n) is 26.4. The number of benzene rings is 1. The number of rotatable bonds is 7. The Balaban J connectivity index is 1.19. The standard InChI is InChI=1S/C34H37FN4O7/c1-5-18-20-10-26-31-21(13-39(26)32(42)22(20)15-44-33(18)43)30-24(7-6-19-16(2)23(35)11-25(38-31)29(19)30)37-28(41)9-8-27(40)36-12-17-14-45-34(3,4)46-17/h10-11,17-18,24H,5-9,12-15H2,1-4H3,(H,36,40)(H,37,41). The lowest BCUT2D eigenvalue weighted by atomic mass is 9.81. The molecular weight excluding hydrogens is 595 g/mol. The Hall–Kier alpha value is -4.16. The predicted octanol–water partition coefficient (Wildman–Crippen LogP) is 3.57. The lowest BCUT2D eigenvalue weighted by molar-refractivity contribution is -0.148. The quantitative estimate of drug-likeness (QED) is 0.295. The fraction of sp³-hybridized carbons (Fsp3) is 0.500. The second kappa shape index (κ2) is 11.3. The van der Waals surface area contributed by atoms with Crippen molar-refractivity contribution < 1.29 is 33.0 Å². The third-order valence-corrected chi connectivity index (χ3v) is 9.71. The first-order valence-corrected chi connectivity index (χ1v) is 15.9. The van der Waals surface area contributed by atoms with Crippen LogP contribution in [0.4, 0.5) is 4.39 Å². The van der Waals surface area contributed by atoms with E-state index in [1.54, 1.807) is 11.5 Å². The van der Waals surface area contributed by atoms with Crippen LogP contribution in [0.1, 0.15) is 91.8 Å². The summed E-state index contributed by atoms with van der Waals surface area (Å²) in [7, 11) is 0. The van der Waals surface area contributed by atoms with E-state index in [1.165, 1.54) is 6.07 Å². The highest BCUT2D eigenvalue weighted by molar-refractivity contribution is 5.94. The van der Waals surface area contributed by atoms with Crippen LogP contribution < -0.4 is 16.2 Å². The molecule has 5 heterocycles. The summed E-state index contributed by atoms with van der Waals surface area (Å²) in [6.07, 6.45) is 1.29. The van der Waals surface area contributed by atoms with Crippen molar-refractivity contribution in [1.82, 2.24) is 20.2 Å². The van der Waals surface area contributed by atoms with E-state index in [-0.39, 0.29) is 61.3 Å². The molecule has 46 heavy (non-hydrogen) atoms. The van der Waals surface area contributed by atoms with E-state index < -0.39 is 17.7 Å². The molecule has 2 aromatic heterocycles. The number of ether oxygens (including phenoxy) is 3. The van der Waals surface area contributed by atoms with Gasteiger partial charge in [0.2, 0.25) is 11.8 Å². The number of carbonyl (C=O) groups is 3. The van der Waals surface area contributed by atoms with Gasteiger partial charge in [0.25, 0.3) is 5.56 Å². The minimum atomic E-state index is -0.684. The van der Waals surface area contributed by atoms with E-state index in [0.29, 0.717) is 66.0 Å². The molecule has 1 aliphatic carbocycles. The highest BCUT2D eigenvalue weighted by Gasteiger charge is 2.38. The molecule has 1 aromatic carbocycles. The van der Waals surface area contributed by atoms with Crippen LogP contribution in [-0.4, -0.2) is 52.4 Å². The number of hydrogen-bond donors (Lipinski definition) is 2. The molecule has 4 aliphatic rings. The van der Waals surface area contributed by atoms with Crippen LogP contribution in [0, 0.1) is 12.7 Å². The average molecular weight is 633 g/mol. The molecule has 3 aromatic rings. The first-order valence-electron chi connectivity index (χ1n) is 15.9. The Labute approximate surface area is 264 Å². The van der Waals surface area contributed by atoms with E-state index in [0.717, 1.165) is 22.1 Å². The third-order valence-electron chi connectivity index (χ3n) is 9.71. The molecule has 0 saturated carbocycles. The van der Waals surface area contributed by atoms with Gasteiger partial charge in [-0.3, -0.25) is 19.2 Å². The van der Waals surface area contributed by atoms with E-state index in [4.69, 9.17) is 19.2 Å². The molecule has 2 amide bonds. The number of esters is 1. The van der Waals surface area contributed by atoms with Crippen molar-refractivity contribution in [2.24, 2.45) is 0 Å². The molecule has 0 spiro atoms. The molecule has 3 aliphatic heterocycles.